The summed E-state index contributed by atoms with van der Waals surface area (Å²) in [5, 5.41) is 3.06. The van der Waals surface area contributed by atoms with Crippen molar-refractivity contribution in [3.63, 3.8) is 0 Å². The van der Waals surface area contributed by atoms with Gasteiger partial charge in [0, 0.05) is 32.4 Å². The summed E-state index contributed by atoms with van der Waals surface area (Å²) in [5.74, 6) is 0.889. The van der Waals surface area contributed by atoms with E-state index in [1.54, 1.807) is 6.20 Å². The third-order valence-electron chi connectivity index (χ3n) is 2.88. The summed E-state index contributed by atoms with van der Waals surface area (Å²) in [6.45, 7) is 0.538. The number of hydrogen-bond acceptors (Lipinski definition) is 2. The van der Waals surface area contributed by atoms with Gasteiger partial charge in [0.2, 0.25) is 0 Å². The van der Waals surface area contributed by atoms with Gasteiger partial charge in [0.05, 0.1) is 16.3 Å². The van der Waals surface area contributed by atoms with Gasteiger partial charge < -0.3 is 9.88 Å². The molecule has 0 amide bonds. The number of halogens is 4. The molecule has 20 heavy (non-hydrogen) atoms. The van der Waals surface area contributed by atoms with Crippen LogP contribution in [0.2, 0.25) is 5.02 Å². The summed E-state index contributed by atoms with van der Waals surface area (Å²) in [4.78, 5) is 4.16. The Bertz CT molecular complexity index is 593. The first-order valence-corrected chi connectivity index (χ1v) is 6.32. The molecule has 0 unspecified atom stereocenters. The van der Waals surface area contributed by atoms with Gasteiger partial charge in [0.15, 0.2) is 0 Å². The number of alkyl halides is 3. The fourth-order valence-corrected chi connectivity index (χ4v) is 2.03. The fraction of sp³-hybridized carbons (Fsp3) is 0.308. The molecule has 3 nitrogen and oxygen atoms in total. The molecule has 0 aliphatic rings. The van der Waals surface area contributed by atoms with Gasteiger partial charge in [-0.2, -0.15) is 13.2 Å². The largest absolute Gasteiger partial charge is 0.416 e. The third kappa shape index (κ3) is 3.45. The Morgan fingerprint density at radius 3 is 2.65 bits per heavy atom. The van der Waals surface area contributed by atoms with Gasteiger partial charge in [-0.05, 0) is 18.2 Å². The van der Waals surface area contributed by atoms with Crippen LogP contribution < -0.4 is 5.32 Å². The second kappa shape index (κ2) is 5.75. The lowest BCUT2D eigenvalue weighted by molar-refractivity contribution is -0.137. The van der Waals surface area contributed by atoms with Crippen LogP contribution in [0.4, 0.5) is 18.9 Å². The van der Waals surface area contributed by atoms with Gasteiger partial charge in [0.25, 0.3) is 0 Å². The van der Waals surface area contributed by atoms with Crippen LogP contribution in [-0.2, 0) is 19.6 Å². The van der Waals surface area contributed by atoms with Gasteiger partial charge in [-0.1, -0.05) is 11.6 Å². The Kier molecular flexibility index (Phi) is 4.23. The van der Waals surface area contributed by atoms with Crippen LogP contribution in [0.25, 0.3) is 0 Å². The minimum atomic E-state index is -4.38. The minimum absolute atomic E-state index is 0.0552. The lowest BCUT2D eigenvalue weighted by Gasteiger charge is -2.11. The number of rotatable bonds is 4. The molecule has 1 N–H and O–H groups in total. The quantitative estimate of drug-likeness (QED) is 0.932. The van der Waals surface area contributed by atoms with Crippen molar-refractivity contribution in [2.24, 2.45) is 7.05 Å². The standard InChI is InChI=1S/C13H13ClF3N3/c1-20-7-6-19-12(20)4-5-18-11-3-2-9(8-10(11)14)13(15,16)17/h2-3,6-8,18H,4-5H2,1H3. The molecule has 0 spiro atoms. The molecular weight excluding hydrogens is 291 g/mol. The summed E-state index contributed by atoms with van der Waals surface area (Å²) < 4.78 is 39.4. The zero-order valence-electron chi connectivity index (χ0n) is 10.7. The number of aryl methyl sites for hydroxylation is 1. The topological polar surface area (TPSA) is 29.9 Å². The molecule has 0 aliphatic heterocycles. The molecule has 0 bridgehead atoms. The van der Waals surface area contributed by atoms with Crippen molar-refractivity contribution in [2.75, 3.05) is 11.9 Å². The van der Waals surface area contributed by atoms with Crippen molar-refractivity contribution in [1.82, 2.24) is 9.55 Å². The molecule has 2 aromatic rings. The maximum absolute atomic E-state index is 12.5. The Hall–Kier alpha value is -1.69. The highest BCUT2D eigenvalue weighted by atomic mass is 35.5. The van der Waals surface area contributed by atoms with Crippen LogP contribution in [0, 0.1) is 0 Å². The summed E-state index contributed by atoms with van der Waals surface area (Å²) in [7, 11) is 1.88. The average Bonchev–Trinajstić information content (AvgIpc) is 2.76. The monoisotopic (exact) mass is 303 g/mol. The normalized spacial score (nSPS) is 11.7. The highest BCUT2D eigenvalue weighted by Crippen LogP contribution is 2.33. The van der Waals surface area contributed by atoms with E-state index >= 15 is 0 Å². The number of aromatic nitrogens is 2. The van der Waals surface area contributed by atoms with E-state index in [-0.39, 0.29) is 5.02 Å². The molecule has 0 aliphatic carbocycles. The van der Waals surface area contributed by atoms with Crippen molar-refractivity contribution in [1.29, 1.82) is 0 Å². The van der Waals surface area contributed by atoms with Crippen molar-refractivity contribution < 1.29 is 13.2 Å². The van der Waals surface area contributed by atoms with Crippen molar-refractivity contribution in [3.8, 4) is 0 Å². The summed E-state index contributed by atoms with van der Waals surface area (Å²) in [6.07, 6.45) is -0.198. The lowest BCUT2D eigenvalue weighted by Crippen LogP contribution is -2.10. The third-order valence-corrected chi connectivity index (χ3v) is 3.19. The molecule has 108 valence electrons. The van der Waals surface area contributed by atoms with E-state index in [2.05, 4.69) is 10.3 Å². The maximum atomic E-state index is 12.5. The number of nitrogens with zero attached hydrogens (tertiary/aromatic N) is 2. The summed E-state index contributed by atoms with van der Waals surface area (Å²) in [6, 6.07) is 3.27. The highest BCUT2D eigenvalue weighted by Gasteiger charge is 2.30. The Morgan fingerprint density at radius 2 is 2.10 bits per heavy atom. The zero-order chi connectivity index (χ0) is 14.8. The van der Waals surface area contributed by atoms with Crippen molar-refractivity contribution in [3.05, 3.63) is 47.0 Å². The number of anilines is 1. The minimum Gasteiger partial charge on any atom is -0.383 e. The van der Waals surface area contributed by atoms with E-state index in [0.29, 0.717) is 18.7 Å². The van der Waals surface area contributed by atoms with Crippen LogP contribution in [0.1, 0.15) is 11.4 Å². The van der Waals surface area contributed by atoms with Crippen molar-refractivity contribution in [2.45, 2.75) is 12.6 Å². The maximum Gasteiger partial charge on any atom is 0.416 e. The van der Waals surface area contributed by atoms with Gasteiger partial charge >= 0.3 is 6.18 Å². The fourth-order valence-electron chi connectivity index (χ4n) is 1.78. The van der Waals surface area contributed by atoms with Gasteiger partial charge in [-0.15, -0.1) is 0 Å². The van der Waals surface area contributed by atoms with E-state index < -0.39 is 11.7 Å². The van der Waals surface area contributed by atoms with Crippen LogP contribution >= 0.6 is 11.6 Å². The second-order valence-electron chi connectivity index (χ2n) is 4.32. The number of imidazole rings is 1. The number of hydrogen-bond donors (Lipinski definition) is 1. The van der Waals surface area contributed by atoms with Crippen LogP contribution in [0.3, 0.4) is 0 Å². The SMILES string of the molecule is Cn1ccnc1CCNc1ccc(C(F)(F)F)cc1Cl. The highest BCUT2D eigenvalue weighted by molar-refractivity contribution is 6.33. The molecular formula is C13H13ClF3N3. The molecule has 0 radical (unpaired) electrons. The molecule has 1 aromatic carbocycles. The van der Waals surface area contributed by atoms with E-state index in [1.165, 1.54) is 6.07 Å². The van der Waals surface area contributed by atoms with Gasteiger partial charge in [-0.3, -0.25) is 0 Å². The molecule has 1 heterocycles. The summed E-state index contributed by atoms with van der Waals surface area (Å²) >= 11 is 5.84. The molecule has 1 aromatic heterocycles. The molecule has 0 saturated heterocycles. The van der Waals surface area contributed by atoms with Crippen LogP contribution in [-0.4, -0.2) is 16.1 Å². The average molecular weight is 304 g/mol. The van der Waals surface area contributed by atoms with Crippen LogP contribution in [0.5, 0.6) is 0 Å². The van der Waals surface area contributed by atoms with Gasteiger partial charge in [-0.25, -0.2) is 4.98 Å². The van der Waals surface area contributed by atoms with E-state index in [9.17, 15) is 13.2 Å². The Balaban J connectivity index is 1.98. The molecule has 0 fully saturated rings. The smallest absolute Gasteiger partial charge is 0.383 e. The Labute approximate surface area is 119 Å². The lowest BCUT2D eigenvalue weighted by atomic mass is 10.2. The van der Waals surface area contributed by atoms with Gasteiger partial charge in [0.1, 0.15) is 5.82 Å². The van der Waals surface area contributed by atoms with E-state index in [0.717, 1.165) is 18.0 Å². The molecule has 7 heteroatoms. The predicted molar refractivity (Wildman–Crippen MR) is 71.9 cm³/mol. The number of benzene rings is 1. The van der Waals surface area contributed by atoms with Crippen LogP contribution in [0.15, 0.2) is 30.6 Å². The van der Waals surface area contributed by atoms with E-state index in [4.69, 9.17) is 11.6 Å². The number of nitrogens with one attached hydrogen (secondary N) is 1. The Morgan fingerprint density at radius 1 is 1.35 bits per heavy atom. The zero-order valence-corrected chi connectivity index (χ0v) is 11.5. The molecule has 0 atom stereocenters. The first-order chi connectivity index (χ1) is 9.38. The van der Waals surface area contributed by atoms with E-state index in [1.807, 2.05) is 17.8 Å². The molecule has 0 saturated carbocycles. The summed E-state index contributed by atoms with van der Waals surface area (Å²) in [5.41, 5.74) is -0.272. The second-order valence-corrected chi connectivity index (χ2v) is 4.73. The molecule has 2 rings (SSSR count). The first-order valence-electron chi connectivity index (χ1n) is 5.95. The first kappa shape index (κ1) is 14.7. The van der Waals surface area contributed by atoms with Crippen molar-refractivity contribution >= 4 is 17.3 Å². The predicted octanol–water partition coefficient (Wildman–Crippen LogP) is 3.75.